The molecule has 92 valence electrons. The minimum absolute atomic E-state index is 0.351. The molecule has 0 saturated heterocycles. The van der Waals surface area contributed by atoms with Crippen LogP contribution >= 0.6 is 0 Å². The molecule has 0 spiro atoms. The number of hydrogen-bond acceptors (Lipinski definition) is 3. The van der Waals surface area contributed by atoms with Crippen molar-refractivity contribution in [3.05, 3.63) is 42.0 Å². The second-order valence-corrected chi connectivity index (χ2v) is 4.28. The molecule has 0 fully saturated rings. The SMILES string of the molecule is C=C(C(=O)OCCN(C)C)c1ccc(C)cc1. The van der Waals surface area contributed by atoms with Crippen molar-refractivity contribution in [1.82, 2.24) is 4.90 Å². The lowest BCUT2D eigenvalue weighted by atomic mass is 10.1. The van der Waals surface area contributed by atoms with Crippen LogP contribution in [0.5, 0.6) is 0 Å². The fourth-order valence-corrected chi connectivity index (χ4v) is 1.28. The lowest BCUT2D eigenvalue weighted by Crippen LogP contribution is -2.20. The normalized spacial score (nSPS) is 10.4. The number of likely N-dealkylation sites (N-methyl/N-ethyl adjacent to an activating group) is 1. The van der Waals surface area contributed by atoms with E-state index < -0.39 is 0 Å². The third-order valence-electron chi connectivity index (χ3n) is 2.42. The first-order valence-electron chi connectivity index (χ1n) is 5.58. The lowest BCUT2D eigenvalue weighted by molar-refractivity contribution is -0.136. The molecule has 0 N–H and O–H groups in total. The third-order valence-corrected chi connectivity index (χ3v) is 2.42. The van der Waals surface area contributed by atoms with E-state index in [0.717, 1.165) is 11.1 Å². The molecule has 1 aromatic carbocycles. The van der Waals surface area contributed by atoms with Gasteiger partial charge in [0.25, 0.3) is 0 Å². The Balaban J connectivity index is 2.52. The summed E-state index contributed by atoms with van der Waals surface area (Å²) in [5.41, 5.74) is 2.37. The van der Waals surface area contributed by atoms with E-state index in [0.29, 0.717) is 18.7 Å². The van der Waals surface area contributed by atoms with Gasteiger partial charge in [-0.1, -0.05) is 36.4 Å². The molecular formula is C14H19NO2. The van der Waals surface area contributed by atoms with Crippen LogP contribution in [0, 0.1) is 6.92 Å². The van der Waals surface area contributed by atoms with E-state index in [9.17, 15) is 4.79 Å². The van der Waals surface area contributed by atoms with Crippen LogP contribution in [0.15, 0.2) is 30.8 Å². The second kappa shape index (κ2) is 6.21. The predicted molar refractivity (Wildman–Crippen MR) is 69.7 cm³/mol. The molecule has 0 bridgehead atoms. The fraction of sp³-hybridized carbons (Fsp3) is 0.357. The van der Waals surface area contributed by atoms with E-state index in [4.69, 9.17) is 4.74 Å². The molecule has 0 unspecified atom stereocenters. The van der Waals surface area contributed by atoms with Crippen LogP contribution in [0.4, 0.5) is 0 Å². The molecule has 0 amide bonds. The molecule has 17 heavy (non-hydrogen) atoms. The smallest absolute Gasteiger partial charge is 0.338 e. The molecule has 0 saturated carbocycles. The van der Waals surface area contributed by atoms with Crippen LogP contribution in [0.25, 0.3) is 5.57 Å². The van der Waals surface area contributed by atoms with E-state index >= 15 is 0 Å². The monoisotopic (exact) mass is 233 g/mol. The van der Waals surface area contributed by atoms with Crippen molar-refractivity contribution < 1.29 is 9.53 Å². The molecule has 0 radical (unpaired) electrons. The van der Waals surface area contributed by atoms with Gasteiger partial charge in [0.1, 0.15) is 6.61 Å². The van der Waals surface area contributed by atoms with Crippen molar-refractivity contribution in [2.45, 2.75) is 6.92 Å². The van der Waals surface area contributed by atoms with E-state index in [-0.39, 0.29) is 5.97 Å². The molecule has 0 atom stereocenters. The van der Waals surface area contributed by atoms with Crippen molar-refractivity contribution in [1.29, 1.82) is 0 Å². The molecular weight excluding hydrogens is 214 g/mol. The molecule has 0 aromatic heterocycles. The van der Waals surface area contributed by atoms with Gasteiger partial charge in [-0.15, -0.1) is 0 Å². The number of hydrogen-bond donors (Lipinski definition) is 0. The van der Waals surface area contributed by atoms with Gasteiger partial charge in [-0.2, -0.15) is 0 Å². The van der Waals surface area contributed by atoms with Crippen molar-refractivity contribution in [3.63, 3.8) is 0 Å². The lowest BCUT2D eigenvalue weighted by Gasteiger charge is -2.11. The van der Waals surface area contributed by atoms with Gasteiger partial charge in [0.2, 0.25) is 0 Å². The van der Waals surface area contributed by atoms with Crippen LogP contribution in [-0.2, 0) is 9.53 Å². The Morgan fingerprint density at radius 2 is 1.88 bits per heavy atom. The molecule has 0 heterocycles. The number of carbonyl (C=O) groups excluding carboxylic acids is 1. The fourth-order valence-electron chi connectivity index (χ4n) is 1.28. The van der Waals surface area contributed by atoms with Gasteiger partial charge in [0.05, 0.1) is 5.57 Å². The summed E-state index contributed by atoms with van der Waals surface area (Å²) in [5.74, 6) is -0.351. The van der Waals surface area contributed by atoms with Crippen LogP contribution in [0.3, 0.4) is 0 Å². The Hall–Kier alpha value is -1.61. The van der Waals surface area contributed by atoms with Crippen molar-refractivity contribution in [3.8, 4) is 0 Å². The summed E-state index contributed by atoms with van der Waals surface area (Å²) in [4.78, 5) is 13.6. The maximum atomic E-state index is 11.7. The van der Waals surface area contributed by atoms with Crippen molar-refractivity contribution in [2.75, 3.05) is 27.2 Å². The Morgan fingerprint density at radius 3 is 2.41 bits per heavy atom. The van der Waals surface area contributed by atoms with Crippen molar-refractivity contribution in [2.24, 2.45) is 0 Å². The number of carbonyl (C=O) groups is 1. The molecule has 1 rings (SSSR count). The number of nitrogens with zero attached hydrogens (tertiary/aromatic N) is 1. The van der Waals surface area contributed by atoms with Gasteiger partial charge in [-0.05, 0) is 26.6 Å². The highest BCUT2D eigenvalue weighted by Gasteiger charge is 2.10. The van der Waals surface area contributed by atoms with Gasteiger partial charge < -0.3 is 9.64 Å². The van der Waals surface area contributed by atoms with Crippen LogP contribution in [-0.4, -0.2) is 38.1 Å². The Bertz CT molecular complexity index is 393. The number of benzene rings is 1. The van der Waals surface area contributed by atoms with Gasteiger partial charge in [0.15, 0.2) is 0 Å². The molecule has 3 nitrogen and oxygen atoms in total. The summed E-state index contributed by atoms with van der Waals surface area (Å²) in [7, 11) is 3.87. The van der Waals surface area contributed by atoms with Gasteiger partial charge in [0, 0.05) is 6.54 Å². The minimum Gasteiger partial charge on any atom is -0.461 e. The predicted octanol–water partition coefficient (Wildman–Crippen LogP) is 2.11. The van der Waals surface area contributed by atoms with E-state index in [1.54, 1.807) is 0 Å². The van der Waals surface area contributed by atoms with Crippen LogP contribution in [0.1, 0.15) is 11.1 Å². The molecule has 0 aliphatic heterocycles. The van der Waals surface area contributed by atoms with E-state index in [1.165, 1.54) is 0 Å². The first kappa shape index (κ1) is 13.5. The average Bonchev–Trinajstić information content (AvgIpc) is 2.28. The molecule has 0 aliphatic carbocycles. The Labute approximate surface area is 103 Å². The Morgan fingerprint density at radius 1 is 1.29 bits per heavy atom. The summed E-state index contributed by atoms with van der Waals surface area (Å²) in [6.07, 6.45) is 0. The summed E-state index contributed by atoms with van der Waals surface area (Å²) in [6, 6.07) is 7.66. The molecule has 1 aromatic rings. The largest absolute Gasteiger partial charge is 0.461 e. The number of aryl methyl sites for hydroxylation is 1. The van der Waals surface area contributed by atoms with E-state index in [1.807, 2.05) is 50.2 Å². The summed E-state index contributed by atoms with van der Waals surface area (Å²) < 4.78 is 5.12. The molecule has 3 heteroatoms. The summed E-state index contributed by atoms with van der Waals surface area (Å²) in [6.45, 7) is 6.87. The zero-order valence-corrected chi connectivity index (χ0v) is 10.7. The van der Waals surface area contributed by atoms with Gasteiger partial charge in [-0.25, -0.2) is 4.79 Å². The number of esters is 1. The minimum atomic E-state index is -0.351. The Kier molecular flexibility index (Phi) is 4.91. The third kappa shape index (κ3) is 4.41. The second-order valence-electron chi connectivity index (χ2n) is 4.28. The van der Waals surface area contributed by atoms with Gasteiger partial charge >= 0.3 is 5.97 Å². The first-order valence-corrected chi connectivity index (χ1v) is 5.58. The first-order chi connectivity index (χ1) is 8.00. The van der Waals surface area contributed by atoms with Crippen LogP contribution in [0.2, 0.25) is 0 Å². The number of rotatable bonds is 5. The van der Waals surface area contributed by atoms with Gasteiger partial charge in [-0.3, -0.25) is 0 Å². The summed E-state index contributed by atoms with van der Waals surface area (Å²) in [5, 5.41) is 0. The number of ether oxygens (including phenoxy) is 1. The zero-order valence-electron chi connectivity index (χ0n) is 10.7. The van der Waals surface area contributed by atoms with Crippen LogP contribution < -0.4 is 0 Å². The van der Waals surface area contributed by atoms with E-state index in [2.05, 4.69) is 6.58 Å². The van der Waals surface area contributed by atoms with Crippen molar-refractivity contribution >= 4 is 11.5 Å². The molecule has 0 aliphatic rings. The topological polar surface area (TPSA) is 29.5 Å². The standard InChI is InChI=1S/C14H19NO2/c1-11-5-7-13(8-6-11)12(2)14(16)17-10-9-15(3)4/h5-8H,2,9-10H2,1,3-4H3. The maximum absolute atomic E-state index is 11.7. The average molecular weight is 233 g/mol. The summed E-state index contributed by atoms with van der Waals surface area (Å²) >= 11 is 0. The zero-order chi connectivity index (χ0) is 12.8. The highest BCUT2D eigenvalue weighted by Crippen LogP contribution is 2.14. The quantitative estimate of drug-likeness (QED) is 0.576. The highest BCUT2D eigenvalue weighted by molar-refractivity contribution is 6.15. The maximum Gasteiger partial charge on any atom is 0.338 e. The highest BCUT2D eigenvalue weighted by atomic mass is 16.5.